The second-order valence-corrected chi connectivity index (χ2v) is 12.4. The molecule has 9 nitrogen and oxygen atoms in total. The Labute approximate surface area is 206 Å². The molecular formula is C23H30FN3O6S2. The molecule has 192 valence electrons. The number of carbonyl (C=O) groups excluding carboxylic acids is 1. The van der Waals surface area contributed by atoms with Crippen molar-refractivity contribution in [1.82, 2.24) is 13.9 Å². The SMILES string of the molecule is COC(=O)c1ccc(CNS(=O)(=O)CCc2cccc(CN3CCN(S(C)(=O)=O)CC3)c2)c(F)c1. The Balaban J connectivity index is 1.51. The summed E-state index contributed by atoms with van der Waals surface area (Å²) in [6, 6.07) is 11.4. The van der Waals surface area contributed by atoms with E-state index in [9.17, 15) is 26.0 Å². The van der Waals surface area contributed by atoms with Gasteiger partial charge >= 0.3 is 5.97 Å². The Morgan fingerprint density at radius 3 is 2.34 bits per heavy atom. The molecule has 1 heterocycles. The lowest BCUT2D eigenvalue weighted by molar-refractivity contribution is 0.0600. The summed E-state index contributed by atoms with van der Waals surface area (Å²) in [5, 5.41) is 0. The fourth-order valence-electron chi connectivity index (χ4n) is 3.81. The summed E-state index contributed by atoms with van der Waals surface area (Å²) in [5.41, 5.74) is 2.05. The minimum atomic E-state index is -3.67. The number of nitrogens with zero attached hydrogens (tertiary/aromatic N) is 2. The van der Waals surface area contributed by atoms with Gasteiger partial charge in [-0.2, -0.15) is 4.31 Å². The van der Waals surface area contributed by atoms with Gasteiger partial charge in [0.15, 0.2) is 0 Å². The standard InChI is InChI=1S/C23H30FN3O6S2/c1-33-23(28)20-6-7-21(22(24)15-20)16-25-35(31,32)13-8-18-4-3-5-19(14-18)17-26-9-11-27(12-10-26)34(2,29)30/h3-7,14-15,25H,8-13,16-17H2,1-2H3. The van der Waals surface area contributed by atoms with Crippen molar-refractivity contribution in [2.45, 2.75) is 19.5 Å². The van der Waals surface area contributed by atoms with Crippen LogP contribution in [0.1, 0.15) is 27.0 Å². The molecule has 0 bridgehead atoms. The summed E-state index contributed by atoms with van der Waals surface area (Å²) >= 11 is 0. The van der Waals surface area contributed by atoms with Crippen LogP contribution < -0.4 is 4.72 Å². The van der Waals surface area contributed by atoms with E-state index in [4.69, 9.17) is 0 Å². The smallest absolute Gasteiger partial charge is 0.337 e. The minimum Gasteiger partial charge on any atom is -0.465 e. The average Bonchev–Trinajstić information content (AvgIpc) is 2.81. The summed E-state index contributed by atoms with van der Waals surface area (Å²) < 4.78 is 70.8. The third kappa shape index (κ3) is 8.07. The monoisotopic (exact) mass is 527 g/mol. The van der Waals surface area contributed by atoms with E-state index in [1.165, 1.54) is 29.8 Å². The number of sulfonamides is 2. The number of hydrogen-bond acceptors (Lipinski definition) is 7. The molecule has 1 aliphatic heterocycles. The lowest BCUT2D eigenvalue weighted by Gasteiger charge is -2.33. The van der Waals surface area contributed by atoms with Crippen molar-refractivity contribution < 1.29 is 30.8 Å². The number of nitrogens with one attached hydrogen (secondary N) is 1. The molecule has 0 aromatic heterocycles. The molecule has 0 atom stereocenters. The topological polar surface area (TPSA) is 113 Å². The highest BCUT2D eigenvalue weighted by Crippen LogP contribution is 2.14. The van der Waals surface area contributed by atoms with Crippen molar-refractivity contribution >= 4 is 26.0 Å². The fourth-order valence-corrected chi connectivity index (χ4v) is 5.66. The molecule has 0 aliphatic carbocycles. The largest absolute Gasteiger partial charge is 0.465 e. The summed E-state index contributed by atoms with van der Waals surface area (Å²) in [6.07, 6.45) is 1.50. The quantitative estimate of drug-likeness (QED) is 0.464. The molecule has 0 spiro atoms. The highest BCUT2D eigenvalue weighted by Gasteiger charge is 2.23. The first-order valence-electron chi connectivity index (χ1n) is 11.1. The molecule has 0 amide bonds. The first-order chi connectivity index (χ1) is 16.5. The van der Waals surface area contributed by atoms with E-state index in [1.807, 2.05) is 24.3 Å². The van der Waals surface area contributed by atoms with Crippen molar-refractivity contribution in [3.63, 3.8) is 0 Å². The van der Waals surface area contributed by atoms with Crippen molar-refractivity contribution in [3.8, 4) is 0 Å². The Kier molecular flexibility index (Phi) is 9.00. The molecule has 0 radical (unpaired) electrons. The molecule has 12 heteroatoms. The van der Waals surface area contributed by atoms with Crippen molar-refractivity contribution in [3.05, 3.63) is 70.5 Å². The van der Waals surface area contributed by atoms with Gasteiger partial charge in [0, 0.05) is 44.8 Å². The van der Waals surface area contributed by atoms with Crippen molar-refractivity contribution in [2.75, 3.05) is 45.3 Å². The first kappa shape index (κ1) is 27.2. The van der Waals surface area contributed by atoms with E-state index in [-0.39, 0.29) is 29.8 Å². The van der Waals surface area contributed by atoms with Gasteiger partial charge in [0.25, 0.3) is 0 Å². The Morgan fingerprint density at radius 1 is 1.03 bits per heavy atom. The second-order valence-electron chi connectivity index (χ2n) is 8.45. The number of benzene rings is 2. The van der Waals surface area contributed by atoms with Crippen molar-refractivity contribution in [2.24, 2.45) is 0 Å². The molecule has 2 aromatic carbocycles. The van der Waals surface area contributed by atoms with Gasteiger partial charge in [0.2, 0.25) is 20.0 Å². The van der Waals surface area contributed by atoms with Gasteiger partial charge in [0.05, 0.1) is 24.7 Å². The zero-order chi connectivity index (χ0) is 25.6. The molecular weight excluding hydrogens is 497 g/mol. The highest BCUT2D eigenvalue weighted by atomic mass is 32.2. The van der Waals surface area contributed by atoms with Gasteiger partial charge in [-0.1, -0.05) is 30.3 Å². The van der Waals surface area contributed by atoms with Gasteiger partial charge in [0.1, 0.15) is 5.82 Å². The predicted molar refractivity (Wildman–Crippen MR) is 130 cm³/mol. The number of piperazine rings is 1. The van der Waals surface area contributed by atoms with Crippen LogP contribution in [-0.4, -0.2) is 77.3 Å². The molecule has 0 unspecified atom stereocenters. The predicted octanol–water partition coefficient (Wildman–Crippen LogP) is 1.35. The Bertz CT molecular complexity index is 1260. The van der Waals surface area contributed by atoms with Crippen LogP contribution in [0.5, 0.6) is 0 Å². The van der Waals surface area contributed by atoms with Crippen LogP contribution in [0, 0.1) is 5.82 Å². The number of halogens is 1. The van der Waals surface area contributed by atoms with Crippen LogP contribution in [0.2, 0.25) is 0 Å². The van der Waals surface area contributed by atoms with E-state index in [1.54, 1.807) is 0 Å². The van der Waals surface area contributed by atoms with Gasteiger partial charge in [-0.05, 0) is 29.7 Å². The number of carbonyl (C=O) groups is 1. The van der Waals surface area contributed by atoms with Crippen LogP contribution in [0.3, 0.4) is 0 Å². The summed E-state index contributed by atoms with van der Waals surface area (Å²) in [6.45, 7) is 2.59. The maximum atomic E-state index is 14.2. The zero-order valence-electron chi connectivity index (χ0n) is 19.7. The Hall–Kier alpha value is -2.38. The van der Waals surface area contributed by atoms with E-state index < -0.39 is 31.8 Å². The second kappa shape index (κ2) is 11.6. The lowest BCUT2D eigenvalue weighted by atomic mass is 10.1. The number of rotatable bonds is 10. The third-order valence-corrected chi connectivity index (χ3v) is 8.44. The van der Waals surface area contributed by atoms with Crippen molar-refractivity contribution in [1.29, 1.82) is 0 Å². The van der Waals surface area contributed by atoms with Gasteiger partial charge in [-0.3, -0.25) is 4.90 Å². The zero-order valence-corrected chi connectivity index (χ0v) is 21.4. The molecule has 1 fully saturated rings. The van der Waals surface area contributed by atoms with Gasteiger partial charge < -0.3 is 4.74 Å². The molecule has 1 aliphatic rings. The maximum Gasteiger partial charge on any atom is 0.337 e. The molecule has 1 N–H and O–H groups in total. The normalized spacial score (nSPS) is 15.7. The third-order valence-electron chi connectivity index (χ3n) is 5.81. The summed E-state index contributed by atoms with van der Waals surface area (Å²) in [7, 11) is -5.65. The van der Waals surface area contributed by atoms with Gasteiger partial charge in [-0.15, -0.1) is 0 Å². The molecule has 0 saturated carbocycles. The van der Waals surface area contributed by atoms with Crippen LogP contribution in [0.15, 0.2) is 42.5 Å². The number of esters is 1. The number of methoxy groups -OCH3 is 1. The molecule has 1 saturated heterocycles. The van der Waals surface area contributed by atoms with Gasteiger partial charge in [-0.25, -0.2) is 30.7 Å². The average molecular weight is 528 g/mol. The number of hydrogen-bond donors (Lipinski definition) is 1. The van der Waals surface area contributed by atoms with E-state index >= 15 is 0 Å². The molecule has 3 rings (SSSR count). The minimum absolute atomic E-state index is 0.0498. The summed E-state index contributed by atoms with van der Waals surface area (Å²) in [4.78, 5) is 13.6. The van der Waals surface area contributed by atoms with E-state index in [2.05, 4.69) is 14.4 Å². The molecule has 35 heavy (non-hydrogen) atoms. The number of ether oxygens (including phenoxy) is 1. The van der Waals surface area contributed by atoms with Crippen LogP contribution in [-0.2, 0) is 44.3 Å². The fraction of sp³-hybridized carbons (Fsp3) is 0.435. The maximum absolute atomic E-state index is 14.2. The lowest BCUT2D eigenvalue weighted by Crippen LogP contribution is -2.47. The number of aryl methyl sites for hydroxylation is 1. The van der Waals surface area contributed by atoms with Crippen LogP contribution >= 0.6 is 0 Å². The van der Waals surface area contributed by atoms with Crippen LogP contribution in [0.4, 0.5) is 4.39 Å². The molecule has 2 aromatic rings. The highest BCUT2D eigenvalue weighted by molar-refractivity contribution is 7.89. The van der Waals surface area contributed by atoms with E-state index in [0.29, 0.717) is 32.7 Å². The first-order valence-corrected chi connectivity index (χ1v) is 14.6. The van der Waals surface area contributed by atoms with E-state index in [0.717, 1.165) is 17.2 Å². The van der Waals surface area contributed by atoms with Crippen LogP contribution in [0.25, 0.3) is 0 Å². The summed E-state index contributed by atoms with van der Waals surface area (Å²) in [5.74, 6) is -1.53. The Morgan fingerprint density at radius 2 is 1.71 bits per heavy atom.